The Bertz CT molecular complexity index is 720. The predicted molar refractivity (Wildman–Crippen MR) is 84.9 cm³/mol. The minimum Gasteiger partial charge on any atom is -0.482 e. The number of benzene rings is 1. The van der Waals surface area contributed by atoms with Gasteiger partial charge in [0.15, 0.2) is 6.61 Å². The van der Waals surface area contributed by atoms with Crippen molar-refractivity contribution in [2.75, 3.05) is 11.9 Å². The van der Waals surface area contributed by atoms with Crippen molar-refractivity contribution >= 4 is 17.6 Å². The predicted octanol–water partition coefficient (Wildman–Crippen LogP) is 2.24. The first-order valence-electron chi connectivity index (χ1n) is 7.22. The number of aromatic nitrogens is 2. The normalized spacial score (nSPS) is 10.4. The zero-order valence-electron chi connectivity index (χ0n) is 13.3. The lowest BCUT2D eigenvalue weighted by atomic mass is 10.2. The van der Waals surface area contributed by atoms with Crippen molar-refractivity contribution in [2.45, 2.75) is 27.3 Å². The summed E-state index contributed by atoms with van der Waals surface area (Å²) < 4.78 is 6.83. The van der Waals surface area contributed by atoms with Gasteiger partial charge in [0.1, 0.15) is 5.75 Å². The van der Waals surface area contributed by atoms with Crippen LogP contribution >= 0.6 is 0 Å². The summed E-state index contributed by atoms with van der Waals surface area (Å²) >= 11 is 0. The molecule has 0 saturated heterocycles. The molecule has 2 aromatic rings. The smallest absolute Gasteiger partial charge is 0.341 e. The van der Waals surface area contributed by atoms with E-state index in [1.165, 1.54) is 0 Å². The molecule has 0 fully saturated rings. The van der Waals surface area contributed by atoms with E-state index in [-0.39, 0.29) is 5.91 Å². The van der Waals surface area contributed by atoms with Crippen LogP contribution in [0, 0.1) is 13.8 Å². The van der Waals surface area contributed by atoms with Crippen LogP contribution in [0.4, 0.5) is 5.69 Å². The summed E-state index contributed by atoms with van der Waals surface area (Å²) in [6.45, 7) is 5.94. The van der Waals surface area contributed by atoms with Crippen LogP contribution in [0.15, 0.2) is 24.3 Å². The summed E-state index contributed by atoms with van der Waals surface area (Å²) in [5.41, 5.74) is 2.67. The molecule has 0 atom stereocenters. The summed E-state index contributed by atoms with van der Waals surface area (Å²) in [7, 11) is 0. The number of carboxylic acids is 1. The number of aryl methyl sites for hydroxylation is 2. The van der Waals surface area contributed by atoms with Gasteiger partial charge in [0, 0.05) is 17.9 Å². The standard InChI is InChI=1S/C16H19N3O4/c1-4-19-11(3)15(10(2)18-19)16(22)17-12-5-7-13(8-6-12)23-9-14(20)21/h5-8H,4,9H2,1-3H3,(H,17,22)(H,20,21). The van der Waals surface area contributed by atoms with Crippen molar-refractivity contribution in [2.24, 2.45) is 0 Å². The van der Waals surface area contributed by atoms with E-state index in [1.807, 2.05) is 13.8 Å². The minimum absolute atomic E-state index is 0.223. The SMILES string of the molecule is CCn1nc(C)c(C(=O)Nc2ccc(OCC(=O)O)cc2)c1C. The lowest BCUT2D eigenvalue weighted by molar-refractivity contribution is -0.139. The maximum Gasteiger partial charge on any atom is 0.341 e. The van der Waals surface area contributed by atoms with Crippen LogP contribution in [0.3, 0.4) is 0 Å². The number of carbonyl (C=O) groups excluding carboxylic acids is 1. The largest absolute Gasteiger partial charge is 0.482 e. The van der Waals surface area contributed by atoms with Crippen LogP contribution in [-0.4, -0.2) is 33.4 Å². The fraction of sp³-hybridized carbons (Fsp3) is 0.312. The third-order valence-electron chi connectivity index (χ3n) is 3.38. The first-order chi connectivity index (χ1) is 10.9. The second-order valence-corrected chi connectivity index (χ2v) is 5.02. The maximum atomic E-state index is 12.4. The van der Waals surface area contributed by atoms with E-state index in [0.717, 1.165) is 5.69 Å². The van der Waals surface area contributed by atoms with Crippen molar-refractivity contribution in [3.8, 4) is 5.75 Å². The first kappa shape index (κ1) is 16.5. The molecule has 23 heavy (non-hydrogen) atoms. The molecular formula is C16H19N3O4. The topological polar surface area (TPSA) is 93.5 Å². The lowest BCUT2D eigenvalue weighted by Crippen LogP contribution is -2.14. The van der Waals surface area contributed by atoms with Gasteiger partial charge in [-0.1, -0.05) is 0 Å². The van der Waals surface area contributed by atoms with E-state index in [4.69, 9.17) is 9.84 Å². The number of carboxylic acid groups (broad SMARTS) is 1. The monoisotopic (exact) mass is 317 g/mol. The van der Waals surface area contributed by atoms with Gasteiger partial charge < -0.3 is 15.2 Å². The second-order valence-electron chi connectivity index (χ2n) is 5.02. The molecule has 1 aromatic carbocycles. The van der Waals surface area contributed by atoms with E-state index in [2.05, 4.69) is 10.4 Å². The van der Waals surface area contributed by atoms with Crippen molar-refractivity contribution < 1.29 is 19.4 Å². The number of hydrogen-bond acceptors (Lipinski definition) is 4. The van der Waals surface area contributed by atoms with Crippen molar-refractivity contribution in [1.82, 2.24) is 9.78 Å². The average Bonchev–Trinajstić information content (AvgIpc) is 2.80. The van der Waals surface area contributed by atoms with E-state index in [0.29, 0.717) is 29.2 Å². The first-order valence-corrected chi connectivity index (χ1v) is 7.22. The Labute approximate surface area is 133 Å². The molecule has 0 aliphatic heterocycles. The summed E-state index contributed by atoms with van der Waals surface area (Å²) in [6, 6.07) is 6.52. The van der Waals surface area contributed by atoms with Crippen LogP contribution in [-0.2, 0) is 11.3 Å². The molecule has 1 heterocycles. The fourth-order valence-corrected chi connectivity index (χ4v) is 2.31. The Morgan fingerprint density at radius 2 is 1.91 bits per heavy atom. The number of nitrogens with zero attached hydrogens (tertiary/aromatic N) is 2. The van der Waals surface area contributed by atoms with E-state index in [9.17, 15) is 9.59 Å². The Balaban J connectivity index is 2.08. The van der Waals surface area contributed by atoms with Crippen LogP contribution in [0.5, 0.6) is 5.75 Å². The van der Waals surface area contributed by atoms with Crippen molar-refractivity contribution in [3.05, 3.63) is 41.2 Å². The number of aliphatic carboxylic acids is 1. The third kappa shape index (κ3) is 3.88. The molecular weight excluding hydrogens is 298 g/mol. The number of anilines is 1. The molecule has 0 radical (unpaired) electrons. The molecule has 0 spiro atoms. The zero-order valence-corrected chi connectivity index (χ0v) is 13.3. The van der Waals surface area contributed by atoms with Gasteiger partial charge in [0.25, 0.3) is 5.91 Å². The highest BCUT2D eigenvalue weighted by molar-refractivity contribution is 6.05. The maximum absolute atomic E-state index is 12.4. The fourth-order valence-electron chi connectivity index (χ4n) is 2.31. The number of hydrogen-bond donors (Lipinski definition) is 2. The molecule has 122 valence electrons. The molecule has 0 bridgehead atoms. The van der Waals surface area contributed by atoms with Crippen LogP contribution in [0.25, 0.3) is 0 Å². The minimum atomic E-state index is -1.04. The molecule has 0 saturated carbocycles. The van der Waals surface area contributed by atoms with Crippen molar-refractivity contribution in [3.63, 3.8) is 0 Å². The number of ether oxygens (including phenoxy) is 1. The number of nitrogens with one attached hydrogen (secondary N) is 1. The highest BCUT2D eigenvalue weighted by Gasteiger charge is 2.18. The summed E-state index contributed by atoms with van der Waals surface area (Å²) in [4.78, 5) is 22.9. The number of amides is 1. The highest BCUT2D eigenvalue weighted by Crippen LogP contribution is 2.19. The third-order valence-corrected chi connectivity index (χ3v) is 3.38. The van der Waals surface area contributed by atoms with Crippen LogP contribution < -0.4 is 10.1 Å². The Morgan fingerprint density at radius 1 is 1.26 bits per heavy atom. The molecule has 2 rings (SSSR count). The summed E-state index contributed by atoms with van der Waals surface area (Å²) in [5.74, 6) is -0.836. The van der Waals surface area contributed by atoms with Crippen LogP contribution in [0.1, 0.15) is 28.7 Å². The van der Waals surface area contributed by atoms with Gasteiger partial charge in [0.2, 0.25) is 0 Å². The Morgan fingerprint density at radius 3 is 2.43 bits per heavy atom. The molecule has 1 aromatic heterocycles. The van der Waals surface area contributed by atoms with Gasteiger partial charge in [-0.2, -0.15) is 5.10 Å². The lowest BCUT2D eigenvalue weighted by Gasteiger charge is -2.07. The van der Waals surface area contributed by atoms with E-state index < -0.39 is 12.6 Å². The van der Waals surface area contributed by atoms with Gasteiger partial charge in [-0.3, -0.25) is 9.48 Å². The molecule has 0 aliphatic carbocycles. The molecule has 7 nitrogen and oxygen atoms in total. The van der Waals surface area contributed by atoms with Gasteiger partial charge in [-0.05, 0) is 45.0 Å². The van der Waals surface area contributed by atoms with Crippen molar-refractivity contribution in [1.29, 1.82) is 0 Å². The van der Waals surface area contributed by atoms with Gasteiger partial charge in [-0.15, -0.1) is 0 Å². The number of carbonyl (C=O) groups is 2. The molecule has 1 amide bonds. The second kappa shape index (κ2) is 6.95. The Kier molecular flexibility index (Phi) is 5.00. The molecule has 0 aliphatic rings. The highest BCUT2D eigenvalue weighted by atomic mass is 16.5. The summed E-state index contributed by atoms with van der Waals surface area (Å²) in [5, 5.41) is 15.7. The van der Waals surface area contributed by atoms with Gasteiger partial charge in [-0.25, -0.2) is 4.79 Å². The Hall–Kier alpha value is -2.83. The zero-order chi connectivity index (χ0) is 17.0. The van der Waals surface area contributed by atoms with E-state index in [1.54, 1.807) is 35.9 Å². The molecule has 2 N–H and O–H groups in total. The molecule has 7 heteroatoms. The van der Waals surface area contributed by atoms with Crippen LogP contribution in [0.2, 0.25) is 0 Å². The average molecular weight is 317 g/mol. The molecule has 0 unspecified atom stereocenters. The van der Waals surface area contributed by atoms with E-state index >= 15 is 0 Å². The summed E-state index contributed by atoms with van der Waals surface area (Å²) in [6.07, 6.45) is 0. The van der Waals surface area contributed by atoms with Gasteiger partial charge >= 0.3 is 5.97 Å². The quantitative estimate of drug-likeness (QED) is 0.852. The number of rotatable bonds is 6. The van der Waals surface area contributed by atoms with Gasteiger partial charge in [0.05, 0.1) is 11.3 Å².